The van der Waals surface area contributed by atoms with E-state index in [0.717, 1.165) is 31.6 Å². The van der Waals surface area contributed by atoms with Crippen molar-refractivity contribution in [2.45, 2.75) is 25.4 Å². The number of aryl methyl sites for hydroxylation is 1. The van der Waals surface area contributed by atoms with E-state index in [-0.39, 0.29) is 11.3 Å². The molecule has 0 radical (unpaired) electrons. The predicted molar refractivity (Wildman–Crippen MR) is 98.9 cm³/mol. The van der Waals surface area contributed by atoms with Gasteiger partial charge in [-0.1, -0.05) is 24.3 Å². The molecule has 6 heteroatoms. The number of ether oxygens (including phenoxy) is 2. The number of fused-ring (bicyclic) bond motifs is 2. The summed E-state index contributed by atoms with van der Waals surface area (Å²) in [5.41, 5.74) is 3.28. The lowest BCUT2D eigenvalue weighted by atomic mass is 9.93. The number of nitrogens with zero attached hydrogens (tertiary/aromatic N) is 2. The van der Waals surface area contributed by atoms with Crippen molar-refractivity contribution in [3.8, 4) is 5.75 Å². The van der Waals surface area contributed by atoms with Crippen LogP contribution in [0.25, 0.3) is 0 Å². The Kier molecular flexibility index (Phi) is 4.28. The van der Waals surface area contributed by atoms with E-state index in [9.17, 15) is 10.1 Å². The number of hydrogen-bond donors (Lipinski definition) is 0. The molecule has 0 bridgehead atoms. The molecule has 2 aliphatic rings. The highest BCUT2D eigenvalue weighted by Gasteiger charge is 2.43. The van der Waals surface area contributed by atoms with E-state index in [1.165, 1.54) is 17.2 Å². The topological polar surface area (TPSA) is 64.8 Å². The molecular weight excluding hydrogens is 332 g/mol. The lowest BCUT2D eigenvalue weighted by Crippen LogP contribution is -2.49. The molecule has 2 aromatic carbocycles. The van der Waals surface area contributed by atoms with Gasteiger partial charge in [0.15, 0.2) is 5.75 Å². The maximum absolute atomic E-state index is 11.2. The molecule has 0 N–H and O–H groups in total. The van der Waals surface area contributed by atoms with E-state index < -0.39 is 4.92 Å². The molecule has 0 amide bonds. The first kappa shape index (κ1) is 16.8. The fourth-order valence-corrected chi connectivity index (χ4v) is 4.09. The third-order valence-electron chi connectivity index (χ3n) is 5.30. The molecule has 1 atom stereocenters. The molecule has 1 unspecified atom stereocenters. The van der Waals surface area contributed by atoms with E-state index in [2.05, 4.69) is 29.2 Å². The van der Waals surface area contributed by atoms with Crippen LogP contribution in [0.1, 0.15) is 24.5 Å². The van der Waals surface area contributed by atoms with Gasteiger partial charge in [-0.2, -0.15) is 0 Å². The summed E-state index contributed by atoms with van der Waals surface area (Å²) in [5.74, 6) is 0.322. The van der Waals surface area contributed by atoms with Crippen molar-refractivity contribution in [3.63, 3.8) is 0 Å². The standard InChI is InChI=1S/C20H22N2O4/c1-2-25-19-13-16(7-8-18(19)22(23)24)21-11-12-26-20(14-21)10-9-15-5-3-4-6-17(15)20/h3-8,13H,2,9-12,14H2,1H3. The zero-order chi connectivity index (χ0) is 18.1. The molecule has 1 fully saturated rings. The SMILES string of the molecule is CCOc1cc(N2CCOC3(CCc4ccccc43)C2)ccc1[N+](=O)[O-]. The van der Waals surface area contributed by atoms with Crippen molar-refractivity contribution in [1.82, 2.24) is 0 Å². The van der Waals surface area contributed by atoms with Crippen LogP contribution in [0.2, 0.25) is 0 Å². The summed E-state index contributed by atoms with van der Waals surface area (Å²) in [6.45, 7) is 4.36. The Morgan fingerprint density at radius 1 is 1.31 bits per heavy atom. The molecule has 26 heavy (non-hydrogen) atoms. The van der Waals surface area contributed by atoms with Crippen molar-refractivity contribution < 1.29 is 14.4 Å². The van der Waals surface area contributed by atoms with E-state index in [4.69, 9.17) is 9.47 Å². The van der Waals surface area contributed by atoms with Crippen LogP contribution in [0.5, 0.6) is 5.75 Å². The Labute approximate surface area is 152 Å². The summed E-state index contributed by atoms with van der Waals surface area (Å²) in [7, 11) is 0. The first-order valence-electron chi connectivity index (χ1n) is 9.01. The predicted octanol–water partition coefficient (Wildman–Crippen LogP) is 3.67. The van der Waals surface area contributed by atoms with Gasteiger partial charge >= 0.3 is 5.69 Å². The van der Waals surface area contributed by atoms with Crippen LogP contribution in [0.3, 0.4) is 0 Å². The van der Waals surface area contributed by atoms with Crippen molar-refractivity contribution in [1.29, 1.82) is 0 Å². The van der Waals surface area contributed by atoms with Crippen LogP contribution in [0, 0.1) is 10.1 Å². The highest BCUT2D eigenvalue weighted by molar-refractivity contribution is 5.60. The Hall–Kier alpha value is -2.60. The van der Waals surface area contributed by atoms with Crippen molar-refractivity contribution in [2.75, 3.05) is 31.2 Å². The van der Waals surface area contributed by atoms with Gasteiger partial charge < -0.3 is 14.4 Å². The number of nitro benzene ring substituents is 1. The second-order valence-electron chi connectivity index (χ2n) is 6.76. The van der Waals surface area contributed by atoms with Gasteiger partial charge in [-0.3, -0.25) is 10.1 Å². The fraction of sp³-hybridized carbons (Fsp3) is 0.400. The average Bonchev–Trinajstić information content (AvgIpc) is 3.00. The minimum absolute atomic E-state index is 0.00443. The largest absolute Gasteiger partial charge is 0.487 e. The van der Waals surface area contributed by atoms with Crippen molar-refractivity contribution in [2.24, 2.45) is 0 Å². The monoisotopic (exact) mass is 354 g/mol. The number of anilines is 1. The third kappa shape index (κ3) is 2.80. The van der Waals surface area contributed by atoms with Crippen LogP contribution in [0.15, 0.2) is 42.5 Å². The summed E-state index contributed by atoms with van der Waals surface area (Å²) in [6.07, 6.45) is 1.99. The van der Waals surface area contributed by atoms with Gasteiger partial charge in [0.05, 0.1) is 24.7 Å². The maximum atomic E-state index is 11.2. The van der Waals surface area contributed by atoms with E-state index in [1.54, 1.807) is 12.1 Å². The van der Waals surface area contributed by atoms with Gasteiger partial charge in [0.25, 0.3) is 0 Å². The summed E-state index contributed by atoms with van der Waals surface area (Å²) in [4.78, 5) is 13.1. The molecule has 4 rings (SSSR count). The van der Waals surface area contributed by atoms with Gasteiger partial charge in [-0.25, -0.2) is 0 Å². The van der Waals surface area contributed by atoms with Crippen molar-refractivity contribution in [3.05, 3.63) is 63.7 Å². The number of benzene rings is 2. The second kappa shape index (κ2) is 6.61. The molecule has 1 aliphatic carbocycles. The van der Waals surface area contributed by atoms with Crippen molar-refractivity contribution >= 4 is 11.4 Å². The highest BCUT2D eigenvalue weighted by Crippen LogP contribution is 2.43. The number of morpholine rings is 1. The quantitative estimate of drug-likeness (QED) is 0.619. The van der Waals surface area contributed by atoms with E-state index >= 15 is 0 Å². The molecular formula is C20H22N2O4. The van der Waals surface area contributed by atoms with Gasteiger partial charge in [0, 0.05) is 24.4 Å². The molecule has 136 valence electrons. The summed E-state index contributed by atoms with van der Waals surface area (Å²) in [6, 6.07) is 13.6. The normalized spacial score (nSPS) is 21.7. The van der Waals surface area contributed by atoms with Gasteiger partial charge in [0.1, 0.15) is 5.60 Å². The number of nitro groups is 1. The van der Waals surface area contributed by atoms with Gasteiger partial charge in [0.2, 0.25) is 0 Å². The van der Waals surface area contributed by atoms with E-state index in [0.29, 0.717) is 19.0 Å². The van der Waals surface area contributed by atoms with Crippen LogP contribution in [0.4, 0.5) is 11.4 Å². The summed E-state index contributed by atoms with van der Waals surface area (Å²) >= 11 is 0. The number of rotatable bonds is 4. The molecule has 6 nitrogen and oxygen atoms in total. The van der Waals surface area contributed by atoms with Crippen LogP contribution in [-0.2, 0) is 16.8 Å². The maximum Gasteiger partial charge on any atom is 0.311 e. The molecule has 1 spiro atoms. The minimum Gasteiger partial charge on any atom is -0.487 e. The van der Waals surface area contributed by atoms with Crippen LogP contribution < -0.4 is 9.64 Å². The molecule has 1 saturated heterocycles. The van der Waals surface area contributed by atoms with E-state index in [1.807, 2.05) is 6.92 Å². The van der Waals surface area contributed by atoms with Gasteiger partial charge in [-0.05, 0) is 37.0 Å². The highest BCUT2D eigenvalue weighted by atomic mass is 16.6. The molecule has 2 aromatic rings. The lowest BCUT2D eigenvalue weighted by molar-refractivity contribution is -0.385. The zero-order valence-corrected chi connectivity index (χ0v) is 14.8. The Morgan fingerprint density at radius 2 is 2.15 bits per heavy atom. The van der Waals surface area contributed by atoms with Gasteiger partial charge in [-0.15, -0.1) is 0 Å². The second-order valence-corrected chi connectivity index (χ2v) is 6.76. The van der Waals surface area contributed by atoms with Crippen LogP contribution >= 0.6 is 0 Å². The Balaban J connectivity index is 1.65. The smallest absolute Gasteiger partial charge is 0.311 e. The van der Waals surface area contributed by atoms with Crippen LogP contribution in [-0.4, -0.2) is 31.2 Å². The first-order valence-corrected chi connectivity index (χ1v) is 9.01. The zero-order valence-electron chi connectivity index (χ0n) is 14.8. The summed E-state index contributed by atoms with van der Waals surface area (Å²) in [5, 5.41) is 11.2. The Bertz CT molecular complexity index is 834. The molecule has 0 aromatic heterocycles. The lowest BCUT2D eigenvalue weighted by Gasteiger charge is -2.42. The summed E-state index contributed by atoms with van der Waals surface area (Å²) < 4.78 is 11.8. The third-order valence-corrected chi connectivity index (χ3v) is 5.30. The fourth-order valence-electron chi connectivity index (χ4n) is 4.09. The molecule has 0 saturated carbocycles. The number of hydrogen-bond acceptors (Lipinski definition) is 5. The molecule has 1 aliphatic heterocycles. The minimum atomic E-state index is -0.400. The Morgan fingerprint density at radius 3 is 2.96 bits per heavy atom. The first-order chi connectivity index (χ1) is 12.6. The molecule has 1 heterocycles. The average molecular weight is 354 g/mol.